The van der Waals surface area contributed by atoms with E-state index in [1.165, 1.54) is 19.1 Å². The summed E-state index contributed by atoms with van der Waals surface area (Å²) < 4.78 is 53.8. The minimum Gasteiger partial charge on any atom is -0.383 e. The number of amides is 2. The maximum atomic E-state index is 13.4. The Morgan fingerprint density at radius 2 is 1.64 bits per heavy atom. The molecule has 0 spiro atoms. The third-order valence-electron chi connectivity index (χ3n) is 7.24. The average molecular weight is 606 g/mol. The average Bonchev–Trinajstić information content (AvgIpc) is 2.98. The summed E-state index contributed by atoms with van der Waals surface area (Å²) in [5.41, 5.74) is 8.38. The Kier molecular flexibility index (Phi) is 8.34. The van der Waals surface area contributed by atoms with Gasteiger partial charge in [0.25, 0.3) is 5.91 Å². The van der Waals surface area contributed by atoms with E-state index in [1.807, 2.05) is 12.1 Å². The first kappa shape index (κ1) is 30.2. The molecule has 0 atom stereocenters. The molecule has 2 aromatic heterocycles. The van der Waals surface area contributed by atoms with Gasteiger partial charge in [-0.05, 0) is 59.0 Å². The van der Waals surface area contributed by atoms with Crippen LogP contribution >= 0.6 is 0 Å². The van der Waals surface area contributed by atoms with E-state index in [9.17, 15) is 31.9 Å². The standard InChI is InChI=1S/C32H27F4N5O3/c1-19(42)41-12-10-20(11-13-41)23-14-26(30(37)38-15-23)21-4-8-25(9-5-21)39-31(44)28-17-40(18-32(34,35)36)16-27(29(28)43)22-2-6-24(33)7-3-22/h2-10,14-17H,11-13,18H2,1H3,(H2,37,38)(H,39,44). The fourth-order valence-corrected chi connectivity index (χ4v) is 4.96. The third kappa shape index (κ3) is 6.86. The number of alkyl halides is 3. The molecule has 2 aromatic carbocycles. The number of hydrogen-bond donors (Lipinski definition) is 2. The molecule has 0 fully saturated rings. The van der Waals surface area contributed by atoms with Gasteiger partial charge in [-0.3, -0.25) is 14.4 Å². The molecule has 1 aliphatic heterocycles. The molecule has 3 N–H and O–H groups in total. The number of carbonyl (C=O) groups excluding carboxylic acids is 2. The van der Waals surface area contributed by atoms with Gasteiger partial charge < -0.3 is 20.5 Å². The van der Waals surface area contributed by atoms with Crippen molar-refractivity contribution < 1.29 is 27.2 Å². The van der Waals surface area contributed by atoms with Crippen molar-refractivity contribution in [3.63, 3.8) is 0 Å². The first-order valence-corrected chi connectivity index (χ1v) is 13.6. The molecular weight excluding hydrogens is 578 g/mol. The molecule has 12 heteroatoms. The van der Waals surface area contributed by atoms with Crippen LogP contribution in [-0.2, 0) is 11.3 Å². The van der Waals surface area contributed by atoms with Crippen molar-refractivity contribution >= 4 is 28.9 Å². The highest BCUT2D eigenvalue weighted by Crippen LogP contribution is 2.31. The molecule has 44 heavy (non-hydrogen) atoms. The van der Waals surface area contributed by atoms with Crippen molar-refractivity contribution in [2.24, 2.45) is 0 Å². The van der Waals surface area contributed by atoms with Crippen molar-refractivity contribution in [2.75, 3.05) is 24.1 Å². The first-order valence-electron chi connectivity index (χ1n) is 13.6. The molecule has 0 saturated heterocycles. The van der Waals surface area contributed by atoms with E-state index in [2.05, 4.69) is 10.3 Å². The van der Waals surface area contributed by atoms with Crippen LogP contribution in [0.4, 0.5) is 29.1 Å². The molecular formula is C32H27F4N5O3. The number of nitrogens with two attached hydrogens (primary N) is 1. The molecule has 0 unspecified atom stereocenters. The summed E-state index contributed by atoms with van der Waals surface area (Å²) in [6.07, 6.45) is 1.55. The van der Waals surface area contributed by atoms with Crippen LogP contribution in [0.5, 0.6) is 0 Å². The van der Waals surface area contributed by atoms with E-state index in [0.717, 1.165) is 35.7 Å². The Labute approximate surface area is 249 Å². The van der Waals surface area contributed by atoms with Crippen LogP contribution in [-0.4, -0.2) is 45.5 Å². The van der Waals surface area contributed by atoms with Gasteiger partial charge in [-0.15, -0.1) is 0 Å². The number of halogens is 4. The zero-order valence-electron chi connectivity index (χ0n) is 23.5. The van der Waals surface area contributed by atoms with Crippen LogP contribution < -0.4 is 16.5 Å². The Morgan fingerprint density at radius 3 is 2.25 bits per heavy atom. The Morgan fingerprint density at radius 1 is 0.977 bits per heavy atom. The van der Waals surface area contributed by atoms with Gasteiger partial charge in [-0.1, -0.05) is 30.3 Å². The Balaban J connectivity index is 1.40. The molecule has 0 radical (unpaired) electrons. The number of benzene rings is 2. The lowest BCUT2D eigenvalue weighted by atomic mass is 9.97. The van der Waals surface area contributed by atoms with Gasteiger partial charge in [0.2, 0.25) is 11.3 Å². The second kappa shape index (κ2) is 12.2. The largest absolute Gasteiger partial charge is 0.406 e. The van der Waals surface area contributed by atoms with Gasteiger partial charge in [0.15, 0.2) is 0 Å². The van der Waals surface area contributed by atoms with Crippen LogP contribution in [0, 0.1) is 5.82 Å². The van der Waals surface area contributed by atoms with Crippen molar-refractivity contribution in [1.82, 2.24) is 14.5 Å². The zero-order valence-corrected chi connectivity index (χ0v) is 23.5. The predicted molar refractivity (Wildman–Crippen MR) is 159 cm³/mol. The van der Waals surface area contributed by atoms with Crippen LogP contribution in [0.1, 0.15) is 29.3 Å². The SMILES string of the molecule is CC(=O)N1CC=C(c2cnc(N)c(-c3ccc(NC(=O)c4cn(CC(F)(F)F)cc(-c5ccc(F)cc5)c4=O)cc3)c2)CC1. The van der Waals surface area contributed by atoms with Crippen LogP contribution in [0.15, 0.2) is 84.1 Å². The van der Waals surface area contributed by atoms with E-state index < -0.39 is 35.4 Å². The Hall–Kier alpha value is -5.26. The summed E-state index contributed by atoms with van der Waals surface area (Å²) >= 11 is 0. The predicted octanol–water partition coefficient (Wildman–Crippen LogP) is 5.75. The number of carbonyl (C=O) groups is 2. The van der Waals surface area contributed by atoms with Crippen LogP contribution in [0.25, 0.3) is 27.8 Å². The fourth-order valence-electron chi connectivity index (χ4n) is 4.96. The highest BCUT2D eigenvalue weighted by molar-refractivity contribution is 6.04. The van der Waals surface area contributed by atoms with Gasteiger partial charge in [-0.25, -0.2) is 9.37 Å². The van der Waals surface area contributed by atoms with Crippen molar-refractivity contribution in [3.05, 3.63) is 106 Å². The number of aromatic nitrogens is 2. The lowest BCUT2D eigenvalue weighted by Gasteiger charge is -2.25. The van der Waals surface area contributed by atoms with Crippen LogP contribution in [0.3, 0.4) is 0 Å². The molecule has 8 nitrogen and oxygen atoms in total. The summed E-state index contributed by atoms with van der Waals surface area (Å²) in [5, 5.41) is 2.56. The van der Waals surface area contributed by atoms with E-state index in [-0.39, 0.29) is 28.5 Å². The molecule has 2 amide bonds. The van der Waals surface area contributed by atoms with E-state index in [1.54, 1.807) is 35.4 Å². The number of anilines is 2. The Bertz CT molecular complexity index is 1810. The summed E-state index contributed by atoms with van der Waals surface area (Å²) in [6.45, 7) is 1.20. The van der Waals surface area contributed by atoms with Crippen LogP contribution in [0.2, 0.25) is 0 Å². The van der Waals surface area contributed by atoms with Crippen molar-refractivity contribution in [1.29, 1.82) is 0 Å². The maximum Gasteiger partial charge on any atom is 0.406 e. The number of hydrogen-bond acceptors (Lipinski definition) is 5. The topological polar surface area (TPSA) is 110 Å². The normalized spacial score (nSPS) is 13.4. The molecule has 5 rings (SSSR count). The monoisotopic (exact) mass is 605 g/mol. The molecule has 0 saturated carbocycles. The number of nitrogen functional groups attached to an aromatic ring is 1. The minimum absolute atomic E-state index is 0.0103. The minimum atomic E-state index is -4.62. The highest BCUT2D eigenvalue weighted by Gasteiger charge is 2.29. The number of nitrogens with zero attached hydrogens (tertiary/aromatic N) is 3. The summed E-state index contributed by atoms with van der Waals surface area (Å²) in [7, 11) is 0. The van der Waals surface area contributed by atoms with Gasteiger partial charge in [0.1, 0.15) is 23.7 Å². The van der Waals surface area contributed by atoms with E-state index >= 15 is 0 Å². The lowest BCUT2D eigenvalue weighted by molar-refractivity contribution is -0.140. The maximum absolute atomic E-state index is 13.4. The summed E-state index contributed by atoms with van der Waals surface area (Å²) in [5.74, 6) is -1.20. The molecule has 3 heterocycles. The number of rotatable bonds is 6. The van der Waals surface area contributed by atoms with Crippen molar-refractivity contribution in [2.45, 2.75) is 26.1 Å². The third-order valence-corrected chi connectivity index (χ3v) is 7.24. The highest BCUT2D eigenvalue weighted by atomic mass is 19.4. The summed E-state index contributed by atoms with van der Waals surface area (Å²) in [4.78, 5) is 44.1. The molecule has 4 aromatic rings. The summed E-state index contributed by atoms with van der Waals surface area (Å²) in [6, 6.07) is 13.1. The zero-order chi connectivity index (χ0) is 31.6. The second-order valence-corrected chi connectivity index (χ2v) is 10.3. The van der Waals surface area contributed by atoms with Gasteiger partial charge in [0, 0.05) is 55.4 Å². The first-order chi connectivity index (χ1) is 20.9. The van der Waals surface area contributed by atoms with Crippen molar-refractivity contribution in [3.8, 4) is 22.3 Å². The van der Waals surface area contributed by atoms with Gasteiger partial charge >= 0.3 is 6.18 Å². The van der Waals surface area contributed by atoms with Gasteiger partial charge in [0.05, 0.1) is 0 Å². The smallest absolute Gasteiger partial charge is 0.383 e. The van der Waals surface area contributed by atoms with E-state index in [4.69, 9.17) is 5.73 Å². The quantitative estimate of drug-likeness (QED) is 0.272. The van der Waals surface area contributed by atoms with E-state index in [0.29, 0.717) is 35.2 Å². The number of nitrogens with one attached hydrogen (secondary N) is 1. The second-order valence-electron chi connectivity index (χ2n) is 10.3. The molecule has 0 aliphatic carbocycles. The fraction of sp³-hybridized carbons (Fsp3) is 0.188. The molecule has 0 bridgehead atoms. The molecule has 226 valence electrons. The molecule has 1 aliphatic rings. The number of pyridine rings is 2. The lowest BCUT2D eigenvalue weighted by Crippen LogP contribution is -2.32. The van der Waals surface area contributed by atoms with Gasteiger partial charge in [-0.2, -0.15) is 13.2 Å².